The highest BCUT2D eigenvalue weighted by Crippen LogP contribution is 2.26. The maximum absolute atomic E-state index is 12.6. The maximum atomic E-state index is 12.6. The lowest BCUT2D eigenvalue weighted by Gasteiger charge is -2.13. The zero-order valence-electron chi connectivity index (χ0n) is 15.0. The minimum absolute atomic E-state index is 0.244. The SMILES string of the molecule is Cc1ccc(NC(=O)c2ccc(Cl)cc2Cl)cc1NC(=O)c1ccc(Cl)cc1Cl. The van der Waals surface area contributed by atoms with Crippen molar-refractivity contribution in [2.45, 2.75) is 6.92 Å². The van der Waals surface area contributed by atoms with Gasteiger partial charge in [-0.2, -0.15) is 0 Å². The average Bonchev–Trinajstić information content (AvgIpc) is 2.64. The number of rotatable bonds is 4. The number of nitrogens with one attached hydrogen (secondary N) is 2. The Kier molecular flexibility index (Phi) is 6.70. The molecule has 0 aliphatic rings. The number of halogens is 4. The van der Waals surface area contributed by atoms with Crippen LogP contribution < -0.4 is 10.6 Å². The highest BCUT2D eigenvalue weighted by Gasteiger charge is 2.14. The zero-order valence-corrected chi connectivity index (χ0v) is 18.0. The Morgan fingerprint density at radius 3 is 1.72 bits per heavy atom. The molecule has 0 saturated carbocycles. The van der Waals surface area contributed by atoms with Gasteiger partial charge in [-0.15, -0.1) is 0 Å². The number of carbonyl (C=O) groups is 2. The van der Waals surface area contributed by atoms with Crippen molar-refractivity contribution in [1.82, 2.24) is 0 Å². The Labute approximate surface area is 187 Å². The average molecular weight is 468 g/mol. The van der Waals surface area contributed by atoms with E-state index in [-0.39, 0.29) is 27.1 Å². The van der Waals surface area contributed by atoms with Crippen LogP contribution in [0.1, 0.15) is 26.3 Å². The topological polar surface area (TPSA) is 58.2 Å². The van der Waals surface area contributed by atoms with E-state index in [2.05, 4.69) is 10.6 Å². The van der Waals surface area contributed by atoms with Crippen LogP contribution >= 0.6 is 46.4 Å². The fraction of sp³-hybridized carbons (Fsp3) is 0.0476. The van der Waals surface area contributed by atoms with Crippen molar-refractivity contribution in [3.8, 4) is 0 Å². The van der Waals surface area contributed by atoms with Crippen LogP contribution in [0.5, 0.6) is 0 Å². The Morgan fingerprint density at radius 2 is 1.21 bits per heavy atom. The number of carbonyl (C=O) groups excluding carboxylic acids is 2. The second-order valence-electron chi connectivity index (χ2n) is 6.19. The molecule has 8 heteroatoms. The first-order chi connectivity index (χ1) is 13.7. The van der Waals surface area contributed by atoms with Gasteiger partial charge in [0.25, 0.3) is 11.8 Å². The first kappa shape index (κ1) is 21.5. The molecule has 0 fully saturated rings. The Morgan fingerprint density at radius 1 is 0.690 bits per heavy atom. The summed E-state index contributed by atoms with van der Waals surface area (Å²) in [4.78, 5) is 25.1. The lowest BCUT2D eigenvalue weighted by Crippen LogP contribution is -2.15. The minimum atomic E-state index is -0.395. The molecule has 0 spiro atoms. The van der Waals surface area contributed by atoms with Gasteiger partial charge in [0, 0.05) is 21.4 Å². The molecule has 0 unspecified atom stereocenters. The molecule has 2 amide bonds. The predicted molar refractivity (Wildman–Crippen MR) is 120 cm³/mol. The molecule has 0 saturated heterocycles. The Balaban J connectivity index is 1.80. The molecule has 3 rings (SSSR count). The third-order valence-electron chi connectivity index (χ3n) is 4.10. The van der Waals surface area contributed by atoms with Crippen molar-refractivity contribution in [3.63, 3.8) is 0 Å². The summed E-state index contributed by atoms with van der Waals surface area (Å²) >= 11 is 23.9. The molecule has 29 heavy (non-hydrogen) atoms. The molecule has 0 heterocycles. The van der Waals surface area contributed by atoms with Gasteiger partial charge in [0.15, 0.2) is 0 Å². The number of aryl methyl sites for hydroxylation is 1. The highest BCUT2D eigenvalue weighted by molar-refractivity contribution is 6.38. The number of anilines is 2. The largest absolute Gasteiger partial charge is 0.322 e. The fourth-order valence-corrected chi connectivity index (χ4v) is 3.56. The third-order valence-corrected chi connectivity index (χ3v) is 5.19. The van der Waals surface area contributed by atoms with Crippen molar-refractivity contribution >= 4 is 69.6 Å². The normalized spacial score (nSPS) is 10.5. The predicted octanol–water partition coefficient (Wildman–Crippen LogP) is 7.11. The van der Waals surface area contributed by atoms with E-state index in [1.165, 1.54) is 12.1 Å². The van der Waals surface area contributed by atoms with E-state index in [0.29, 0.717) is 21.4 Å². The van der Waals surface area contributed by atoms with Crippen LogP contribution in [-0.2, 0) is 0 Å². The van der Waals surface area contributed by atoms with Crippen molar-refractivity contribution in [1.29, 1.82) is 0 Å². The molecule has 3 aromatic rings. The molecule has 3 aromatic carbocycles. The van der Waals surface area contributed by atoms with E-state index in [0.717, 1.165) is 5.56 Å². The van der Waals surface area contributed by atoms with Crippen LogP contribution in [0.25, 0.3) is 0 Å². The number of hydrogen-bond donors (Lipinski definition) is 2. The zero-order chi connectivity index (χ0) is 21.1. The van der Waals surface area contributed by atoms with Gasteiger partial charge >= 0.3 is 0 Å². The quantitative estimate of drug-likeness (QED) is 0.429. The molecule has 0 bridgehead atoms. The Bertz CT molecular complexity index is 1120. The maximum Gasteiger partial charge on any atom is 0.257 e. The van der Waals surface area contributed by atoms with E-state index >= 15 is 0 Å². The second-order valence-corrected chi connectivity index (χ2v) is 7.87. The molecular weight excluding hydrogens is 454 g/mol. The van der Waals surface area contributed by atoms with Crippen LogP contribution in [-0.4, -0.2) is 11.8 Å². The summed E-state index contributed by atoms with van der Waals surface area (Å²) in [6, 6.07) is 14.4. The standard InChI is InChI=1S/C21H14Cl4N2O2/c1-11-2-5-14(26-20(28)15-6-3-12(22)8-17(15)24)10-19(11)27-21(29)16-7-4-13(23)9-18(16)25/h2-10H,1H3,(H,26,28)(H,27,29). The third kappa shape index (κ3) is 5.22. The lowest BCUT2D eigenvalue weighted by molar-refractivity contribution is 0.101. The van der Waals surface area contributed by atoms with E-state index in [4.69, 9.17) is 46.4 Å². The van der Waals surface area contributed by atoms with Crippen LogP contribution in [0.15, 0.2) is 54.6 Å². The Hall–Kier alpha value is -2.24. The lowest BCUT2D eigenvalue weighted by atomic mass is 10.1. The van der Waals surface area contributed by atoms with E-state index in [1.807, 2.05) is 6.92 Å². The smallest absolute Gasteiger partial charge is 0.257 e. The summed E-state index contributed by atoms with van der Waals surface area (Å²) < 4.78 is 0. The molecule has 4 nitrogen and oxygen atoms in total. The first-order valence-electron chi connectivity index (χ1n) is 8.38. The van der Waals surface area contributed by atoms with Crippen molar-refractivity contribution in [3.05, 3.63) is 91.4 Å². The monoisotopic (exact) mass is 466 g/mol. The van der Waals surface area contributed by atoms with E-state index in [1.54, 1.807) is 42.5 Å². The molecule has 148 valence electrons. The molecule has 0 aliphatic heterocycles. The number of hydrogen-bond acceptors (Lipinski definition) is 2. The van der Waals surface area contributed by atoms with Gasteiger partial charge in [0.05, 0.1) is 21.2 Å². The summed E-state index contributed by atoms with van der Waals surface area (Å²) in [5, 5.41) is 6.92. The minimum Gasteiger partial charge on any atom is -0.322 e. The van der Waals surface area contributed by atoms with Crippen LogP contribution in [0.2, 0.25) is 20.1 Å². The van der Waals surface area contributed by atoms with Crippen LogP contribution in [0.3, 0.4) is 0 Å². The van der Waals surface area contributed by atoms with Crippen LogP contribution in [0, 0.1) is 6.92 Å². The van der Waals surface area contributed by atoms with Crippen LogP contribution in [0.4, 0.5) is 11.4 Å². The number of benzene rings is 3. The summed E-state index contributed by atoms with van der Waals surface area (Å²) in [6.45, 7) is 1.83. The second kappa shape index (κ2) is 9.06. The molecule has 0 aromatic heterocycles. The molecule has 0 aliphatic carbocycles. The van der Waals surface area contributed by atoms with Gasteiger partial charge in [-0.1, -0.05) is 52.5 Å². The van der Waals surface area contributed by atoms with E-state index in [9.17, 15) is 9.59 Å². The van der Waals surface area contributed by atoms with Gasteiger partial charge in [0.1, 0.15) is 0 Å². The molecule has 0 atom stereocenters. The van der Waals surface area contributed by atoms with Gasteiger partial charge in [0.2, 0.25) is 0 Å². The molecule has 2 N–H and O–H groups in total. The highest BCUT2D eigenvalue weighted by atomic mass is 35.5. The summed E-state index contributed by atoms with van der Waals surface area (Å²) in [6.07, 6.45) is 0. The van der Waals surface area contributed by atoms with Gasteiger partial charge in [-0.05, 0) is 61.0 Å². The number of amides is 2. The van der Waals surface area contributed by atoms with Gasteiger partial charge in [-0.3, -0.25) is 9.59 Å². The van der Waals surface area contributed by atoms with E-state index < -0.39 is 5.91 Å². The summed E-state index contributed by atoms with van der Waals surface area (Å²) in [5.74, 6) is -0.785. The first-order valence-corrected chi connectivity index (χ1v) is 9.89. The van der Waals surface area contributed by atoms with Crippen molar-refractivity contribution < 1.29 is 9.59 Å². The van der Waals surface area contributed by atoms with Crippen molar-refractivity contribution in [2.75, 3.05) is 10.6 Å². The van der Waals surface area contributed by atoms with Gasteiger partial charge < -0.3 is 10.6 Å². The van der Waals surface area contributed by atoms with Gasteiger partial charge in [-0.25, -0.2) is 0 Å². The fourth-order valence-electron chi connectivity index (χ4n) is 2.57. The summed E-state index contributed by atoms with van der Waals surface area (Å²) in [5.41, 5.74) is 2.41. The van der Waals surface area contributed by atoms with Crippen molar-refractivity contribution in [2.24, 2.45) is 0 Å². The molecule has 0 radical (unpaired) electrons. The molecular formula is C21H14Cl4N2O2. The summed E-state index contributed by atoms with van der Waals surface area (Å²) in [7, 11) is 0.